The number of aryl methyl sites for hydroxylation is 2. The van der Waals surface area contributed by atoms with Crippen LogP contribution < -0.4 is 10.1 Å². The Morgan fingerprint density at radius 2 is 1.58 bits per heavy atom. The molecule has 0 bridgehead atoms. The quantitative estimate of drug-likeness (QED) is 0.839. The van der Waals surface area contributed by atoms with Crippen molar-refractivity contribution >= 4 is 23.4 Å². The Kier molecular flexibility index (Phi) is 4.41. The Hall–Kier alpha value is -3.29. The lowest BCUT2D eigenvalue weighted by Crippen LogP contribution is -2.45. The molecule has 0 saturated heterocycles. The molecule has 1 aromatic carbocycles. The molecule has 1 aliphatic heterocycles. The van der Waals surface area contributed by atoms with Crippen LogP contribution in [0.3, 0.4) is 0 Å². The number of rotatable bonds is 4. The van der Waals surface area contributed by atoms with E-state index < -0.39 is 23.8 Å². The molecule has 26 heavy (non-hydrogen) atoms. The summed E-state index contributed by atoms with van der Waals surface area (Å²) in [5.74, 6) is -1.46. The molecule has 8 nitrogen and oxygen atoms in total. The number of ether oxygens (including phenoxy) is 1. The summed E-state index contributed by atoms with van der Waals surface area (Å²) in [5.41, 5.74) is 2.09. The molecule has 1 aromatic heterocycles. The minimum Gasteiger partial charge on any atom is -0.467 e. The fourth-order valence-corrected chi connectivity index (χ4v) is 2.86. The van der Waals surface area contributed by atoms with Crippen LogP contribution in [-0.4, -0.2) is 45.7 Å². The highest BCUT2D eigenvalue weighted by molar-refractivity contribution is 6.23. The van der Waals surface area contributed by atoms with E-state index in [1.807, 2.05) is 0 Å². The number of hydrogen-bond donors (Lipinski definition) is 1. The van der Waals surface area contributed by atoms with Gasteiger partial charge in [-0.05, 0) is 32.9 Å². The third-order valence-corrected chi connectivity index (χ3v) is 4.27. The van der Waals surface area contributed by atoms with Crippen molar-refractivity contribution in [2.45, 2.75) is 26.8 Å². The number of hydrogen-bond acceptors (Lipinski definition) is 6. The van der Waals surface area contributed by atoms with E-state index >= 15 is 0 Å². The van der Waals surface area contributed by atoms with Gasteiger partial charge in [-0.15, -0.1) is 0 Å². The molecule has 2 aromatic rings. The van der Waals surface area contributed by atoms with Gasteiger partial charge in [0.15, 0.2) is 0 Å². The van der Waals surface area contributed by atoms with Crippen LogP contribution in [0, 0.1) is 13.8 Å². The maximum atomic E-state index is 12.7. The lowest BCUT2D eigenvalue weighted by molar-refractivity contribution is -0.119. The van der Waals surface area contributed by atoms with E-state index in [0.717, 1.165) is 4.90 Å². The maximum Gasteiger partial charge on any atom is 0.316 e. The molecular weight excluding hydrogens is 336 g/mol. The molecule has 3 amide bonds. The standard InChI is InChI=1S/C18H18N4O4/c1-9-14(10(2)20-18(19-9)26-4)21-15(23)11(3)22-16(24)12-7-5-6-8-13(12)17(22)25/h5-8,11H,1-4H3,(H,21,23). The average Bonchev–Trinajstić information content (AvgIpc) is 2.88. The molecule has 3 rings (SSSR count). The molecule has 134 valence electrons. The van der Waals surface area contributed by atoms with Gasteiger partial charge in [-0.2, -0.15) is 9.97 Å². The Morgan fingerprint density at radius 3 is 2.04 bits per heavy atom. The predicted octanol–water partition coefficient (Wildman–Crippen LogP) is 1.73. The average molecular weight is 354 g/mol. The highest BCUT2D eigenvalue weighted by Crippen LogP contribution is 2.26. The molecule has 0 spiro atoms. The monoisotopic (exact) mass is 354 g/mol. The SMILES string of the molecule is COc1nc(C)c(NC(=O)C(C)N2C(=O)c3ccccc3C2=O)c(C)n1. The molecule has 0 saturated carbocycles. The molecule has 1 N–H and O–H groups in total. The minimum atomic E-state index is -0.983. The highest BCUT2D eigenvalue weighted by atomic mass is 16.5. The van der Waals surface area contributed by atoms with Crippen molar-refractivity contribution in [1.82, 2.24) is 14.9 Å². The lowest BCUT2D eigenvalue weighted by atomic mass is 10.1. The van der Waals surface area contributed by atoms with Crippen molar-refractivity contribution in [2.75, 3.05) is 12.4 Å². The Bertz CT molecular complexity index is 867. The Labute approximate surface area is 150 Å². The molecular formula is C18H18N4O4. The normalized spacial score (nSPS) is 14.2. The van der Waals surface area contributed by atoms with Gasteiger partial charge in [-0.25, -0.2) is 0 Å². The summed E-state index contributed by atoms with van der Waals surface area (Å²) >= 11 is 0. The fraction of sp³-hybridized carbons (Fsp3) is 0.278. The molecule has 1 unspecified atom stereocenters. The van der Waals surface area contributed by atoms with Crippen molar-refractivity contribution in [3.63, 3.8) is 0 Å². The van der Waals surface area contributed by atoms with Crippen LogP contribution >= 0.6 is 0 Å². The van der Waals surface area contributed by atoms with Crippen molar-refractivity contribution in [3.8, 4) is 6.01 Å². The summed E-state index contributed by atoms with van der Waals surface area (Å²) in [4.78, 5) is 46.9. The first-order valence-corrected chi connectivity index (χ1v) is 8.02. The van der Waals surface area contributed by atoms with Gasteiger partial charge in [-0.1, -0.05) is 12.1 Å². The molecule has 1 aliphatic rings. The number of anilines is 1. The van der Waals surface area contributed by atoms with E-state index in [-0.39, 0.29) is 6.01 Å². The van der Waals surface area contributed by atoms with Crippen LogP contribution in [-0.2, 0) is 4.79 Å². The zero-order chi connectivity index (χ0) is 19.0. The van der Waals surface area contributed by atoms with Crippen LogP contribution in [0.1, 0.15) is 39.0 Å². The Morgan fingerprint density at radius 1 is 1.08 bits per heavy atom. The molecule has 0 radical (unpaired) electrons. The number of nitrogens with zero attached hydrogens (tertiary/aromatic N) is 3. The van der Waals surface area contributed by atoms with E-state index in [1.54, 1.807) is 38.1 Å². The van der Waals surface area contributed by atoms with Crippen molar-refractivity contribution < 1.29 is 19.1 Å². The molecule has 0 fully saturated rings. The summed E-state index contributed by atoms with van der Waals surface area (Å²) in [7, 11) is 1.46. The number of benzene rings is 1. The third kappa shape index (κ3) is 2.79. The van der Waals surface area contributed by atoms with Crippen molar-refractivity contribution in [3.05, 3.63) is 46.8 Å². The van der Waals surface area contributed by atoms with Crippen molar-refractivity contribution in [1.29, 1.82) is 0 Å². The van der Waals surface area contributed by atoms with Gasteiger partial charge in [0.1, 0.15) is 6.04 Å². The zero-order valence-corrected chi connectivity index (χ0v) is 14.9. The number of nitrogens with one attached hydrogen (secondary N) is 1. The van der Waals surface area contributed by atoms with Gasteiger partial charge in [-0.3, -0.25) is 19.3 Å². The number of carbonyl (C=O) groups is 3. The van der Waals surface area contributed by atoms with E-state index in [1.165, 1.54) is 14.0 Å². The summed E-state index contributed by atoms with van der Waals surface area (Å²) in [6.07, 6.45) is 0. The summed E-state index contributed by atoms with van der Waals surface area (Å²) in [6, 6.07) is 5.73. The van der Waals surface area contributed by atoms with E-state index in [4.69, 9.17) is 4.74 Å². The first kappa shape index (κ1) is 17.5. The van der Waals surface area contributed by atoms with Crippen molar-refractivity contribution in [2.24, 2.45) is 0 Å². The summed E-state index contributed by atoms with van der Waals surface area (Å²) in [5, 5.41) is 2.71. The van der Waals surface area contributed by atoms with Crippen LogP contribution in [0.25, 0.3) is 0 Å². The van der Waals surface area contributed by atoms with E-state index in [2.05, 4.69) is 15.3 Å². The van der Waals surface area contributed by atoms with Gasteiger partial charge in [0.2, 0.25) is 5.91 Å². The molecule has 0 aliphatic carbocycles. The second kappa shape index (κ2) is 6.55. The number of aromatic nitrogens is 2. The predicted molar refractivity (Wildman–Crippen MR) is 93.1 cm³/mol. The largest absolute Gasteiger partial charge is 0.467 e. The molecule has 8 heteroatoms. The second-order valence-electron chi connectivity index (χ2n) is 5.95. The third-order valence-electron chi connectivity index (χ3n) is 4.27. The van der Waals surface area contributed by atoms with Gasteiger partial charge in [0.25, 0.3) is 11.8 Å². The topological polar surface area (TPSA) is 101 Å². The lowest BCUT2D eigenvalue weighted by Gasteiger charge is -2.22. The highest BCUT2D eigenvalue weighted by Gasteiger charge is 2.40. The fourth-order valence-electron chi connectivity index (χ4n) is 2.86. The minimum absolute atomic E-state index is 0.200. The first-order valence-electron chi connectivity index (χ1n) is 8.02. The van der Waals surface area contributed by atoms with Gasteiger partial charge in [0.05, 0.1) is 35.3 Å². The van der Waals surface area contributed by atoms with Gasteiger partial charge >= 0.3 is 6.01 Å². The number of fused-ring (bicyclic) bond motifs is 1. The number of imide groups is 1. The number of carbonyl (C=O) groups excluding carboxylic acids is 3. The van der Waals surface area contributed by atoms with Crippen LogP contribution in [0.4, 0.5) is 5.69 Å². The zero-order valence-electron chi connectivity index (χ0n) is 14.9. The smallest absolute Gasteiger partial charge is 0.316 e. The molecule has 2 heterocycles. The van der Waals surface area contributed by atoms with Crippen LogP contribution in [0.15, 0.2) is 24.3 Å². The number of methoxy groups -OCH3 is 1. The first-order chi connectivity index (χ1) is 12.3. The van der Waals surface area contributed by atoms with Gasteiger partial charge < -0.3 is 10.1 Å². The van der Waals surface area contributed by atoms with Crippen LogP contribution in [0.2, 0.25) is 0 Å². The summed E-state index contributed by atoms with van der Waals surface area (Å²) < 4.78 is 5.00. The number of amides is 3. The van der Waals surface area contributed by atoms with Gasteiger partial charge in [0, 0.05) is 0 Å². The second-order valence-corrected chi connectivity index (χ2v) is 5.95. The molecule has 1 atom stereocenters. The van der Waals surface area contributed by atoms with E-state index in [0.29, 0.717) is 28.2 Å². The Balaban J connectivity index is 1.84. The summed E-state index contributed by atoms with van der Waals surface area (Å²) in [6.45, 7) is 4.92. The van der Waals surface area contributed by atoms with E-state index in [9.17, 15) is 14.4 Å². The van der Waals surface area contributed by atoms with Crippen LogP contribution in [0.5, 0.6) is 6.01 Å². The maximum absolute atomic E-state index is 12.7.